The van der Waals surface area contributed by atoms with Crippen molar-refractivity contribution in [2.75, 3.05) is 0 Å². The minimum absolute atomic E-state index is 0.414. The van der Waals surface area contributed by atoms with Crippen LogP contribution in [0.1, 0.15) is 60.0 Å². The first-order valence-corrected chi connectivity index (χ1v) is 9.66. The number of halogens is 1. The van der Waals surface area contributed by atoms with Gasteiger partial charge in [0, 0.05) is 5.02 Å². The molecule has 1 N–H and O–H groups in total. The highest BCUT2D eigenvalue weighted by molar-refractivity contribution is 7.84. The fourth-order valence-corrected chi connectivity index (χ4v) is 3.39. The molecule has 1 heterocycles. The smallest absolute Gasteiger partial charge is 0.402 e. The van der Waals surface area contributed by atoms with Crippen LogP contribution in [0.2, 0.25) is 5.02 Å². The zero-order chi connectivity index (χ0) is 18.3. The Labute approximate surface area is 153 Å². The highest BCUT2D eigenvalue weighted by Crippen LogP contribution is 2.41. The number of hydrogen-bond acceptors (Lipinski definition) is 3. The van der Waals surface area contributed by atoms with Gasteiger partial charge in [0.15, 0.2) is 0 Å². The Kier molecular flexibility index (Phi) is 5.58. The van der Waals surface area contributed by atoms with E-state index in [4.69, 9.17) is 20.9 Å². The molecule has 1 unspecified atom stereocenters. The standard InChI is InChI=1S/C17H27BClNO3S/c1-15(2,3)24(21)20-14(12-10-8-9-11-13(12)19)18-22-16(4,5)17(6,7)23-18/h8-11,14,20H,1-7H3/t14-,24?/m0/s1. The largest absolute Gasteiger partial charge is 0.481 e. The van der Waals surface area contributed by atoms with Crippen LogP contribution in [0.15, 0.2) is 24.3 Å². The number of rotatable bonds is 4. The summed E-state index contributed by atoms with van der Waals surface area (Å²) < 4.78 is 27.8. The molecular formula is C17H27BClNO3S. The molecule has 1 aliphatic rings. The normalized spacial score (nSPS) is 22.4. The first kappa shape index (κ1) is 19.9. The third-order valence-corrected chi connectivity index (χ3v) is 6.50. The third-order valence-electron chi connectivity index (χ3n) is 4.57. The van der Waals surface area contributed by atoms with E-state index in [-0.39, 0.29) is 0 Å². The van der Waals surface area contributed by atoms with Crippen LogP contribution in [0.25, 0.3) is 0 Å². The molecule has 1 saturated heterocycles. The topological polar surface area (TPSA) is 47.6 Å². The van der Waals surface area contributed by atoms with Gasteiger partial charge in [0.25, 0.3) is 0 Å². The summed E-state index contributed by atoms with van der Waals surface area (Å²) in [5, 5.41) is 0.593. The van der Waals surface area contributed by atoms with Crippen molar-refractivity contribution >= 4 is 29.7 Å². The zero-order valence-electron chi connectivity index (χ0n) is 15.5. The van der Waals surface area contributed by atoms with Crippen LogP contribution in [-0.2, 0) is 20.3 Å². The van der Waals surface area contributed by atoms with E-state index in [2.05, 4.69) is 4.72 Å². The van der Waals surface area contributed by atoms with Crippen LogP contribution in [0.4, 0.5) is 0 Å². The molecular weight excluding hydrogens is 345 g/mol. The molecule has 0 aliphatic carbocycles. The van der Waals surface area contributed by atoms with Gasteiger partial charge in [-0.3, -0.25) is 0 Å². The van der Waals surface area contributed by atoms with E-state index < -0.39 is 40.0 Å². The van der Waals surface area contributed by atoms with Crippen molar-refractivity contribution in [2.45, 2.75) is 70.4 Å². The summed E-state index contributed by atoms with van der Waals surface area (Å²) in [4.78, 5) is 0. The predicted molar refractivity (Wildman–Crippen MR) is 101 cm³/mol. The number of benzene rings is 1. The lowest BCUT2D eigenvalue weighted by Gasteiger charge is -2.32. The highest BCUT2D eigenvalue weighted by Gasteiger charge is 2.54. The van der Waals surface area contributed by atoms with E-state index in [1.54, 1.807) is 0 Å². The maximum atomic E-state index is 12.7. The van der Waals surface area contributed by atoms with Crippen LogP contribution in [0, 0.1) is 0 Å². The SMILES string of the molecule is CC(C)(C)S(=O)N[C@H](B1OC(C)(C)C(C)(C)O1)c1ccccc1Cl. The molecule has 1 aromatic carbocycles. The Morgan fingerprint density at radius 3 is 2.08 bits per heavy atom. The summed E-state index contributed by atoms with van der Waals surface area (Å²) in [5.74, 6) is -0.431. The second-order valence-corrected chi connectivity index (χ2v) is 10.5. The second-order valence-electron chi connectivity index (χ2n) is 8.12. The van der Waals surface area contributed by atoms with Crippen LogP contribution in [-0.4, -0.2) is 27.3 Å². The summed E-state index contributed by atoms with van der Waals surface area (Å²) >= 11 is 6.39. The molecule has 7 heteroatoms. The first-order valence-electron chi connectivity index (χ1n) is 8.13. The number of hydrogen-bond donors (Lipinski definition) is 1. The van der Waals surface area contributed by atoms with Gasteiger partial charge in [0.2, 0.25) is 0 Å². The maximum Gasteiger partial charge on any atom is 0.481 e. The minimum Gasteiger partial charge on any atom is -0.402 e. The van der Waals surface area contributed by atoms with Gasteiger partial charge in [-0.05, 0) is 60.1 Å². The van der Waals surface area contributed by atoms with E-state index in [0.717, 1.165) is 5.56 Å². The van der Waals surface area contributed by atoms with Crippen molar-refractivity contribution in [2.24, 2.45) is 0 Å². The molecule has 24 heavy (non-hydrogen) atoms. The van der Waals surface area contributed by atoms with Gasteiger partial charge in [-0.25, -0.2) is 8.93 Å². The Bertz CT molecular complexity index is 615. The van der Waals surface area contributed by atoms with Crippen molar-refractivity contribution in [1.82, 2.24) is 4.72 Å². The molecule has 1 fully saturated rings. The van der Waals surface area contributed by atoms with E-state index in [1.807, 2.05) is 72.7 Å². The summed E-state index contributed by atoms with van der Waals surface area (Å²) in [7, 11) is -1.87. The lowest BCUT2D eigenvalue weighted by atomic mass is 9.75. The molecule has 134 valence electrons. The van der Waals surface area contributed by atoms with Crippen molar-refractivity contribution in [1.29, 1.82) is 0 Å². The fourth-order valence-electron chi connectivity index (χ4n) is 2.31. The fraction of sp³-hybridized carbons (Fsp3) is 0.647. The summed E-state index contributed by atoms with van der Waals surface area (Å²) in [6, 6.07) is 7.50. The maximum absolute atomic E-state index is 12.7. The average Bonchev–Trinajstić information content (AvgIpc) is 2.64. The summed E-state index contributed by atoms with van der Waals surface area (Å²) in [5.41, 5.74) is -0.125. The van der Waals surface area contributed by atoms with E-state index >= 15 is 0 Å². The van der Waals surface area contributed by atoms with Crippen LogP contribution >= 0.6 is 11.6 Å². The molecule has 2 rings (SSSR count). The van der Waals surface area contributed by atoms with Crippen molar-refractivity contribution < 1.29 is 13.5 Å². The first-order chi connectivity index (χ1) is 10.8. The van der Waals surface area contributed by atoms with Crippen LogP contribution < -0.4 is 4.72 Å². The van der Waals surface area contributed by atoms with E-state index in [1.165, 1.54) is 0 Å². The lowest BCUT2D eigenvalue weighted by Crippen LogP contribution is -2.43. The average molecular weight is 372 g/mol. The molecule has 1 aromatic rings. The minimum atomic E-state index is -1.29. The Balaban J connectivity index is 2.38. The highest BCUT2D eigenvalue weighted by atomic mass is 35.5. The summed E-state index contributed by atoms with van der Waals surface area (Å²) in [6.07, 6.45) is 0. The van der Waals surface area contributed by atoms with Crippen molar-refractivity contribution in [3.8, 4) is 0 Å². The molecule has 1 aliphatic heterocycles. The van der Waals surface area contributed by atoms with Crippen molar-refractivity contribution in [3.63, 3.8) is 0 Å². The third kappa shape index (κ3) is 4.05. The zero-order valence-corrected chi connectivity index (χ0v) is 17.0. The number of nitrogens with one attached hydrogen (secondary N) is 1. The van der Waals surface area contributed by atoms with Crippen LogP contribution in [0.5, 0.6) is 0 Å². The van der Waals surface area contributed by atoms with Gasteiger partial charge in [0.05, 0.1) is 32.9 Å². The monoisotopic (exact) mass is 371 g/mol. The molecule has 0 spiro atoms. The second kappa shape index (κ2) is 6.73. The molecule has 0 saturated carbocycles. The Morgan fingerprint density at radius 1 is 1.12 bits per heavy atom. The Morgan fingerprint density at radius 2 is 1.62 bits per heavy atom. The molecule has 0 bridgehead atoms. The van der Waals surface area contributed by atoms with Gasteiger partial charge < -0.3 is 9.31 Å². The molecule has 2 atom stereocenters. The molecule has 0 amide bonds. The molecule has 0 radical (unpaired) electrons. The molecule has 0 aromatic heterocycles. The lowest BCUT2D eigenvalue weighted by molar-refractivity contribution is 0.00578. The van der Waals surface area contributed by atoms with E-state index in [9.17, 15) is 4.21 Å². The van der Waals surface area contributed by atoms with Crippen molar-refractivity contribution in [3.05, 3.63) is 34.9 Å². The van der Waals surface area contributed by atoms with Crippen LogP contribution in [0.3, 0.4) is 0 Å². The predicted octanol–water partition coefficient (Wildman–Crippen LogP) is 4.06. The van der Waals surface area contributed by atoms with Gasteiger partial charge in [-0.15, -0.1) is 0 Å². The van der Waals surface area contributed by atoms with Gasteiger partial charge >= 0.3 is 7.12 Å². The molecule has 4 nitrogen and oxygen atoms in total. The quantitative estimate of drug-likeness (QED) is 0.812. The van der Waals surface area contributed by atoms with Gasteiger partial charge in [-0.1, -0.05) is 29.8 Å². The van der Waals surface area contributed by atoms with Gasteiger partial charge in [0.1, 0.15) is 0 Å². The Hall–Kier alpha value is -0.395. The van der Waals surface area contributed by atoms with Gasteiger partial charge in [-0.2, -0.15) is 0 Å². The van der Waals surface area contributed by atoms with E-state index in [0.29, 0.717) is 5.02 Å². The summed E-state index contributed by atoms with van der Waals surface area (Å²) in [6.45, 7) is 13.8.